The Bertz CT molecular complexity index is 683. The van der Waals surface area contributed by atoms with E-state index in [4.69, 9.17) is 0 Å². The Labute approximate surface area is 111 Å². The standard InChI is InChI=1S/C11H13BrN4O2/c1-3-16-8(4-7(2)14-16)6-15-10(17)9(12)5-13-11(15)18/h4-5H,3,6H2,1-2H3,(H,13,18). The van der Waals surface area contributed by atoms with Crippen molar-refractivity contribution in [2.24, 2.45) is 0 Å². The van der Waals surface area contributed by atoms with Gasteiger partial charge in [0.05, 0.1) is 22.4 Å². The highest BCUT2D eigenvalue weighted by molar-refractivity contribution is 9.10. The van der Waals surface area contributed by atoms with Crippen LogP contribution in [0.5, 0.6) is 0 Å². The molecule has 0 saturated carbocycles. The molecule has 0 spiro atoms. The first-order chi connectivity index (χ1) is 8.52. The number of rotatable bonds is 3. The third kappa shape index (κ3) is 2.31. The topological polar surface area (TPSA) is 72.7 Å². The second-order valence-electron chi connectivity index (χ2n) is 3.93. The van der Waals surface area contributed by atoms with Gasteiger partial charge in [-0.3, -0.25) is 14.0 Å². The SMILES string of the molecule is CCn1nc(C)cc1Cn1c(=O)[nH]cc(Br)c1=O. The normalized spacial score (nSPS) is 10.8. The Hall–Kier alpha value is -1.63. The maximum Gasteiger partial charge on any atom is 0.328 e. The fourth-order valence-corrected chi connectivity index (χ4v) is 2.12. The Balaban J connectivity index is 2.49. The van der Waals surface area contributed by atoms with E-state index in [-0.39, 0.29) is 12.1 Å². The molecule has 7 heteroatoms. The van der Waals surface area contributed by atoms with Crippen LogP contribution in [0.1, 0.15) is 18.3 Å². The first-order valence-electron chi connectivity index (χ1n) is 5.54. The fourth-order valence-electron chi connectivity index (χ4n) is 1.79. The molecule has 2 heterocycles. The van der Waals surface area contributed by atoms with E-state index in [2.05, 4.69) is 26.0 Å². The first kappa shape index (κ1) is 12.8. The van der Waals surface area contributed by atoms with Crippen LogP contribution in [0.4, 0.5) is 0 Å². The molecule has 0 aliphatic rings. The minimum atomic E-state index is -0.426. The minimum Gasteiger partial charge on any atom is -0.313 e. The van der Waals surface area contributed by atoms with E-state index < -0.39 is 5.69 Å². The van der Waals surface area contributed by atoms with Gasteiger partial charge in [-0.15, -0.1) is 0 Å². The molecule has 0 bridgehead atoms. The Kier molecular flexibility index (Phi) is 3.51. The number of aromatic nitrogens is 4. The van der Waals surface area contributed by atoms with E-state index in [1.54, 1.807) is 4.68 Å². The number of nitrogens with zero attached hydrogens (tertiary/aromatic N) is 3. The second-order valence-corrected chi connectivity index (χ2v) is 4.78. The molecule has 0 aliphatic heterocycles. The summed E-state index contributed by atoms with van der Waals surface area (Å²) >= 11 is 3.11. The molecule has 0 radical (unpaired) electrons. The number of aryl methyl sites for hydroxylation is 2. The lowest BCUT2D eigenvalue weighted by Gasteiger charge is -2.06. The van der Waals surface area contributed by atoms with Crippen LogP contribution < -0.4 is 11.2 Å². The molecule has 2 rings (SSSR count). The van der Waals surface area contributed by atoms with Crippen LogP contribution in [-0.2, 0) is 13.1 Å². The van der Waals surface area contributed by atoms with E-state index in [9.17, 15) is 9.59 Å². The van der Waals surface area contributed by atoms with Gasteiger partial charge < -0.3 is 4.98 Å². The van der Waals surface area contributed by atoms with Gasteiger partial charge in [-0.1, -0.05) is 0 Å². The van der Waals surface area contributed by atoms with E-state index in [0.29, 0.717) is 11.0 Å². The highest BCUT2D eigenvalue weighted by Gasteiger charge is 2.10. The number of H-pyrrole nitrogens is 1. The number of aromatic amines is 1. The van der Waals surface area contributed by atoms with Crippen molar-refractivity contribution in [3.8, 4) is 0 Å². The lowest BCUT2D eigenvalue weighted by molar-refractivity contribution is 0.579. The van der Waals surface area contributed by atoms with Gasteiger partial charge in [0.15, 0.2) is 0 Å². The van der Waals surface area contributed by atoms with Crippen LogP contribution >= 0.6 is 15.9 Å². The van der Waals surface area contributed by atoms with Crippen molar-refractivity contribution in [3.05, 3.63) is 49.0 Å². The highest BCUT2D eigenvalue weighted by atomic mass is 79.9. The summed E-state index contributed by atoms with van der Waals surface area (Å²) in [6.45, 7) is 4.75. The zero-order valence-corrected chi connectivity index (χ0v) is 11.7. The predicted octanol–water partition coefficient (Wildman–Crippen LogP) is 0.872. The summed E-state index contributed by atoms with van der Waals surface area (Å²) in [5.74, 6) is 0. The van der Waals surface area contributed by atoms with Gasteiger partial charge in [-0.05, 0) is 35.8 Å². The monoisotopic (exact) mass is 312 g/mol. The molecule has 0 atom stereocenters. The molecule has 0 saturated heterocycles. The minimum absolute atomic E-state index is 0.211. The predicted molar refractivity (Wildman–Crippen MR) is 70.8 cm³/mol. The lowest BCUT2D eigenvalue weighted by atomic mass is 10.3. The van der Waals surface area contributed by atoms with Gasteiger partial charge in [0.1, 0.15) is 0 Å². The second kappa shape index (κ2) is 4.93. The molecule has 0 aliphatic carbocycles. The number of nitrogens with one attached hydrogen (secondary N) is 1. The van der Waals surface area contributed by atoms with Gasteiger partial charge in [-0.2, -0.15) is 5.10 Å². The lowest BCUT2D eigenvalue weighted by Crippen LogP contribution is -2.35. The molecule has 0 aromatic carbocycles. The van der Waals surface area contributed by atoms with E-state index in [1.165, 1.54) is 6.20 Å². The van der Waals surface area contributed by atoms with Crippen molar-refractivity contribution >= 4 is 15.9 Å². The summed E-state index contributed by atoms with van der Waals surface area (Å²) in [6.07, 6.45) is 1.35. The maximum absolute atomic E-state index is 11.9. The Morgan fingerprint density at radius 2 is 2.17 bits per heavy atom. The van der Waals surface area contributed by atoms with Crippen LogP contribution in [0.2, 0.25) is 0 Å². The molecule has 6 nitrogen and oxygen atoms in total. The van der Waals surface area contributed by atoms with Crippen molar-refractivity contribution in [1.82, 2.24) is 19.3 Å². The van der Waals surface area contributed by atoms with Crippen molar-refractivity contribution < 1.29 is 0 Å². The van der Waals surface area contributed by atoms with Gasteiger partial charge >= 0.3 is 5.69 Å². The summed E-state index contributed by atoms with van der Waals surface area (Å²) in [6, 6.07) is 1.87. The first-order valence-corrected chi connectivity index (χ1v) is 6.33. The smallest absolute Gasteiger partial charge is 0.313 e. The quantitative estimate of drug-likeness (QED) is 0.914. The average molecular weight is 313 g/mol. The molecule has 2 aromatic rings. The third-order valence-corrected chi connectivity index (χ3v) is 3.19. The van der Waals surface area contributed by atoms with Crippen LogP contribution in [0.25, 0.3) is 0 Å². The molecule has 1 N–H and O–H groups in total. The summed E-state index contributed by atoms with van der Waals surface area (Å²) in [5, 5.41) is 4.28. The van der Waals surface area contributed by atoms with Crippen molar-refractivity contribution in [2.75, 3.05) is 0 Å². The zero-order valence-electron chi connectivity index (χ0n) is 10.1. The maximum atomic E-state index is 11.9. The van der Waals surface area contributed by atoms with Crippen molar-refractivity contribution in [3.63, 3.8) is 0 Å². The van der Waals surface area contributed by atoms with Gasteiger partial charge in [0.25, 0.3) is 5.56 Å². The summed E-state index contributed by atoms with van der Waals surface area (Å²) in [7, 11) is 0. The largest absolute Gasteiger partial charge is 0.328 e. The summed E-state index contributed by atoms with van der Waals surface area (Å²) in [5.41, 5.74) is 0.928. The highest BCUT2D eigenvalue weighted by Crippen LogP contribution is 2.05. The van der Waals surface area contributed by atoms with Crippen LogP contribution in [0.15, 0.2) is 26.3 Å². The van der Waals surface area contributed by atoms with E-state index >= 15 is 0 Å². The summed E-state index contributed by atoms with van der Waals surface area (Å²) in [4.78, 5) is 26.0. The van der Waals surface area contributed by atoms with E-state index in [1.807, 2.05) is 19.9 Å². The number of hydrogen-bond acceptors (Lipinski definition) is 3. The van der Waals surface area contributed by atoms with Crippen molar-refractivity contribution in [2.45, 2.75) is 26.9 Å². The molecule has 2 aromatic heterocycles. The zero-order chi connectivity index (χ0) is 13.3. The molecule has 0 unspecified atom stereocenters. The van der Waals surface area contributed by atoms with Crippen molar-refractivity contribution in [1.29, 1.82) is 0 Å². The Morgan fingerprint density at radius 1 is 1.44 bits per heavy atom. The van der Waals surface area contributed by atoms with Gasteiger partial charge in [0, 0.05) is 12.7 Å². The Morgan fingerprint density at radius 3 is 2.83 bits per heavy atom. The van der Waals surface area contributed by atoms with Gasteiger partial charge in [-0.25, -0.2) is 4.79 Å². The van der Waals surface area contributed by atoms with Gasteiger partial charge in [0.2, 0.25) is 0 Å². The molecule has 96 valence electrons. The van der Waals surface area contributed by atoms with Crippen LogP contribution in [0, 0.1) is 6.92 Å². The van der Waals surface area contributed by atoms with E-state index in [0.717, 1.165) is 16.0 Å². The summed E-state index contributed by atoms with van der Waals surface area (Å²) < 4.78 is 3.26. The fraction of sp³-hybridized carbons (Fsp3) is 0.364. The number of hydrogen-bond donors (Lipinski definition) is 1. The van der Waals surface area contributed by atoms with Crippen LogP contribution in [-0.4, -0.2) is 19.3 Å². The molecule has 0 amide bonds. The third-order valence-electron chi connectivity index (χ3n) is 2.62. The molecule has 0 fully saturated rings. The number of halogens is 1. The molecular formula is C11H13BrN4O2. The van der Waals surface area contributed by atoms with Crippen LogP contribution in [0.3, 0.4) is 0 Å². The molecular weight excluding hydrogens is 300 g/mol. The average Bonchev–Trinajstić information content (AvgIpc) is 2.70. The molecule has 18 heavy (non-hydrogen) atoms.